The largest absolute Gasteiger partial charge is 0.484 e. The van der Waals surface area contributed by atoms with E-state index in [1.165, 1.54) is 25.0 Å². The van der Waals surface area contributed by atoms with Gasteiger partial charge in [0.25, 0.3) is 5.91 Å². The van der Waals surface area contributed by atoms with Gasteiger partial charge in [0.15, 0.2) is 6.61 Å². The maximum absolute atomic E-state index is 11.6. The molecule has 0 saturated heterocycles. The van der Waals surface area contributed by atoms with E-state index in [0.29, 0.717) is 11.7 Å². The van der Waals surface area contributed by atoms with Crippen LogP contribution in [-0.2, 0) is 4.79 Å². The number of aromatic carboxylic acids is 1. The number of nitrogens with one attached hydrogen (secondary N) is 1. The first-order chi connectivity index (χ1) is 9.06. The maximum atomic E-state index is 11.6. The molecular formula is C14H17NO4. The molecule has 102 valence electrons. The topological polar surface area (TPSA) is 75.6 Å². The summed E-state index contributed by atoms with van der Waals surface area (Å²) in [4.78, 5) is 22.3. The van der Waals surface area contributed by atoms with E-state index in [0.717, 1.165) is 0 Å². The summed E-state index contributed by atoms with van der Waals surface area (Å²) in [6, 6.07) is 6.18. The lowest BCUT2D eigenvalue weighted by Crippen LogP contribution is -2.37. The van der Waals surface area contributed by atoms with Gasteiger partial charge in [-0.25, -0.2) is 4.79 Å². The first-order valence-electron chi connectivity index (χ1n) is 6.32. The average molecular weight is 263 g/mol. The summed E-state index contributed by atoms with van der Waals surface area (Å²) in [7, 11) is 0. The zero-order chi connectivity index (χ0) is 13.8. The average Bonchev–Trinajstić information content (AvgIpc) is 3.21. The molecule has 1 saturated carbocycles. The summed E-state index contributed by atoms with van der Waals surface area (Å²) in [5.41, 5.74) is 0.194. The Hall–Kier alpha value is -2.04. The Morgan fingerprint density at radius 1 is 1.37 bits per heavy atom. The van der Waals surface area contributed by atoms with E-state index in [1.807, 2.05) is 6.92 Å². The maximum Gasteiger partial charge on any atom is 0.335 e. The fourth-order valence-corrected chi connectivity index (χ4v) is 1.85. The summed E-state index contributed by atoms with van der Waals surface area (Å²) in [6.45, 7) is 1.95. The Balaban J connectivity index is 1.77. The molecule has 1 aromatic rings. The highest BCUT2D eigenvalue weighted by molar-refractivity contribution is 5.87. The summed E-state index contributed by atoms with van der Waals surface area (Å²) in [5, 5.41) is 11.6. The fourth-order valence-electron chi connectivity index (χ4n) is 1.85. The lowest BCUT2D eigenvalue weighted by atomic mass is 10.2. The van der Waals surface area contributed by atoms with E-state index in [4.69, 9.17) is 9.84 Å². The van der Waals surface area contributed by atoms with Crippen LogP contribution in [0.4, 0.5) is 0 Å². The molecule has 5 nitrogen and oxygen atoms in total. The summed E-state index contributed by atoms with van der Waals surface area (Å²) in [6.07, 6.45) is 2.36. The monoisotopic (exact) mass is 263 g/mol. The van der Waals surface area contributed by atoms with Gasteiger partial charge in [-0.15, -0.1) is 0 Å². The molecule has 2 rings (SSSR count). The van der Waals surface area contributed by atoms with Gasteiger partial charge in [0, 0.05) is 6.04 Å². The lowest BCUT2D eigenvalue weighted by molar-refractivity contribution is -0.123. The van der Waals surface area contributed by atoms with Crippen molar-refractivity contribution in [1.29, 1.82) is 0 Å². The van der Waals surface area contributed by atoms with Gasteiger partial charge in [0.05, 0.1) is 5.56 Å². The van der Waals surface area contributed by atoms with Crippen LogP contribution in [0.3, 0.4) is 0 Å². The minimum atomic E-state index is -0.984. The van der Waals surface area contributed by atoms with Gasteiger partial charge >= 0.3 is 5.97 Å². The number of carboxylic acid groups (broad SMARTS) is 1. The second kappa shape index (κ2) is 5.73. The van der Waals surface area contributed by atoms with E-state index in [-0.39, 0.29) is 24.1 Å². The third-order valence-electron chi connectivity index (χ3n) is 3.19. The summed E-state index contributed by atoms with van der Waals surface area (Å²) < 4.78 is 5.30. The van der Waals surface area contributed by atoms with Gasteiger partial charge < -0.3 is 15.2 Å². The quantitative estimate of drug-likeness (QED) is 0.818. The van der Waals surface area contributed by atoms with Crippen LogP contribution in [0.5, 0.6) is 5.75 Å². The Morgan fingerprint density at radius 3 is 2.53 bits per heavy atom. The summed E-state index contributed by atoms with van der Waals surface area (Å²) >= 11 is 0. The molecule has 0 bridgehead atoms. The van der Waals surface area contributed by atoms with Crippen LogP contribution in [0.25, 0.3) is 0 Å². The van der Waals surface area contributed by atoms with Crippen LogP contribution in [0.2, 0.25) is 0 Å². The van der Waals surface area contributed by atoms with Crippen molar-refractivity contribution in [2.75, 3.05) is 6.61 Å². The van der Waals surface area contributed by atoms with Crippen molar-refractivity contribution in [3.8, 4) is 5.75 Å². The third-order valence-corrected chi connectivity index (χ3v) is 3.19. The van der Waals surface area contributed by atoms with Crippen LogP contribution >= 0.6 is 0 Å². The second-order valence-corrected chi connectivity index (χ2v) is 4.81. The molecule has 2 N–H and O–H groups in total. The fraction of sp³-hybridized carbons (Fsp3) is 0.429. The molecule has 5 heteroatoms. The molecular weight excluding hydrogens is 246 g/mol. The molecule has 0 aliphatic heterocycles. The zero-order valence-corrected chi connectivity index (χ0v) is 10.8. The SMILES string of the molecule is C[C@H](NC(=O)COc1ccc(C(=O)O)cc1)C1CC1. The smallest absolute Gasteiger partial charge is 0.335 e. The molecule has 0 heterocycles. The van der Waals surface area contributed by atoms with E-state index in [2.05, 4.69) is 5.32 Å². The summed E-state index contributed by atoms with van der Waals surface area (Å²) in [5.74, 6) is -0.0395. The van der Waals surface area contributed by atoms with Crippen molar-refractivity contribution in [3.05, 3.63) is 29.8 Å². The number of benzene rings is 1. The Kier molecular flexibility index (Phi) is 4.04. The van der Waals surface area contributed by atoms with Crippen molar-refractivity contribution in [3.63, 3.8) is 0 Å². The number of carbonyl (C=O) groups is 2. The van der Waals surface area contributed by atoms with Crippen molar-refractivity contribution in [2.24, 2.45) is 5.92 Å². The third kappa shape index (κ3) is 3.98. The first kappa shape index (κ1) is 13.4. The number of carboxylic acids is 1. The number of rotatable bonds is 6. The van der Waals surface area contributed by atoms with Crippen molar-refractivity contribution in [2.45, 2.75) is 25.8 Å². The van der Waals surface area contributed by atoms with Crippen molar-refractivity contribution >= 4 is 11.9 Å². The Labute approximate surface area is 111 Å². The second-order valence-electron chi connectivity index (χ2n) is 4.81. The number of carbonyl (C=O) groups excluding carboxylic acids is 1. The zero-order valence-electron chi connectivity index (χ0n) is 10.8. The van der Waals surface area contributed by atoms with Gasteiger partial charge in [0.1, 0.15) is 5.75 Å². The molecule has 1 amide bonds. The minimum Gasteiger partial charge on any atom is -0.484 e. The van der Waals surface area contributed by atoms with E-state index in [1.54, 1.807) is 12.1 Å². The molecule has 1 atom stereocenters. The molecule has 1 aromatic carbocycles. The number of ether oxygens (including phenoxy) is 1. The van der Waals surface area contributed by atoms with Crippen molar-refractivity contribution in [1.82, 2.24) is 5.32 Å². The van der Waals surface area contributed by atoms with Gasteiger partial charge in [-0.3, -0.25) is 4.79 Å². The predicted molar refractivity (Wildman–Crippen MR) is 69.2 cm³/mol. The molecule has 1 aliphatic rings. The first-order valence-corrected chi connectivity index (χ1v) is 6.32. The predicted octanol–water partition coefficient (Wildman–Crippen LogP) is 1.68. The van der Waals surface area contributed by atoms with Crippen LogP contribution < -0.4 is 10.1 Å². The normalized spacial score (nSPS) is 15.6. The van der Waals surface area contributed by atoms with Gasteiger partial charge in [-0.05, 0) is 49.9 Å². The van der Waals surface area contributed by atoms with E-state index < -0.39 is 5.97 Å². The van der Waals surface area contributed by atoms with Gasteiger partial charge in [0.2, 0.25) is 0 Å². The minimum absolute atomic E-state index is 0.0521. The number of amides is 1. The molecule has 0 unspecified atom stereocenters. The Morgan fingerprint density at radius 2 is 2.00 bits per heavy atom. The molecule has 19 heavy (non-hydrogen) atoms. The molecule has 0 radical (unpaired) electrons. The highest BCUT2D eigenvalue weighted by Crippen LogP contribution is 2.32. The van der Waals surface area contributed by atoms with Crippen LogP contribution in [0.1, 0.15) is 30.1 Å². The van der Waals surface area contributed by atoms with Crippen LogP contribution in [-0.4, -0.2) is 29.6 Å². The van der Waals surface area contributed by atoms with Gasteiger partial charge in [-0.2, -0.15) is 0 Å². The van der Waals surface area contributed by atoms with Crippen molar-refractivity contribution < 1.29 is 19.4 Å². The molecule has 0 aromatic heterocycles. The number of hydrogen-bond donors (Lipinski definition) is 2. The standard InChI is InChI=1S/C14H17NO4/c1-9(10-2-3-10)15-13(16)8-19-12-6-4-11(5-7-12)14(17)18/h4-7,9-10H,2-3,8H2,1H3,(H,15,16)(H,17,18)/t9-/m0/s1. The molecule has 0 spiro atoms. The van der Waals surface area contributed by atoms with E-state index >= 15 is 0 Å². The Bertz CT molecular complexity index is 465. The highest BCUT2D eigenvalue weighted by atomic mass is 16.5. The number of hydrogen-bond acceptors (Lipinski definition) is 3. The van der Waals surface area contributed by atoms with Crippen LogP contribution in [0, 0.1) is 5.92 Å². The van der Waals surface area contributed by atoms with E-state index in [9.17, 15) is 9.59 Å². The van der Waals surface area contributed by atoms with Crippen LogP contribution in [0.15, 0.2) is 24.3 Å². The molecule has 1 aliphatic carbocycles. The highest BCUT2D eigenvalue weighted by Gasteiger charge is 2.28. The lowest BCUT2D eigenvalue weighted by Gasteiger charge is -2.13. The van der Waals surface area contributed by atoms with Gasteiger partial charge in [-0.1, -0.05) is 0 Å². The molecule has 1 fully saturated rings.